The maximum absolute atomic E-state index is 12.0. The van der Waals surface area contributed by atoms with Crippen LogP contribution < -0.4 is 10.9 Å². The van der Waals surface area contributed by atoms with Gasteiger partial charge in [-0.3, -0.25) is 14.5 Å². The van der Waals surface area contributed by atoms with E-state index in [1.165, 1.54) is 18.3 Å². The Morgan fingerprint density at radius 1 is 1.52 bits per heavy atom. The molecule has 1 aromatic rings. The summed E-state index contributed by atoms with van der Waals surface area (Å²) in [5, 5.41) is 2.85. The highest BCUT2D eigenvalue weighted by molar-refractivity contribution is 5.93. The number of nitrogens with zero attached hydrogens (tertiary/aromatic N) is 1. The first-order valence-corrected chi connectivity index (χ1v) is 7.35. The summed E-state index contributed by atoms with van der Waals surface area (Å²) < 4.78 is 5.68. The summed E-state index contributed by atoms with van der Waals surface area (Å²) >= 11 is 0. The van der Waals surface area contributed by atoms with E-state index in [1.54, 1.807) is 0 Å². The minimum atomic E-state index is -0.216. The number of amides is 1. The lowest BCUT2D eigenvalue weighted by molar-refractivity contribution is -0.0295. The molecule has 0 spiro atoms. The largest absolute Gasteiger partial charge is 0.374 e. The number of morpholine rings is 1. The van der Waals surface area contributed by atoms with Crippen molar-refractivity contribution in [3.8, 4) is 0 Å². The van der Waals surface area contributed by atoms with Gasteiger partial charge >= 0.3 is 0 Å². The Labute approximate surface area is 124 Å². The number of H-pyrrole nitrogens is 1. The highest BCUT2D eigenvalue weighted by Crippen LogP contribution is 2.07. The number of aromatic amines is 1. The van der Waals surface area contributed by atoms with Crippen LogP contribution in [0.5, 0.6) is 0 Å². The third-order valence-electron chi connectivity index (χ3n) is 3.38. The van der Waals surface area contributed by atoms with Gasteiger partial charge in [0.05, 0.1) is 18.3 Å². The molecule has 1 atom stereocenters. The van der Waals surface area contributed by atoms with Gasteiger partial charge in [-0.05, 0) is 12.0 Å². The molecule has 0 aliphatic carbocycles. The molecule has 2 heterocycles. The zero-order chi connectivity index (χ0) is 15.2. The molecule has 0 aromatic carbocycles. The molecule has 1 amide bonds. The topological polar surface area (TPSA) is 74.4 Å². The number of hydrogen-bond donors (Lipinski definition) is 2. The second-order valence-electron chi connectivity index (χ2n) is 5.80. The van der Waals surface area contributed by atoms with Gasteiger partial charge in [-0.15, -0.1) is 0 Å². The molecular weight excluding hydrogens is 270 g/mol. The lowest BCUT2D eigenvalue weighted by atomic mass is 10.1. The van der Waals surface area contributed by atoms with Crippen molar-refractivity contribution in [1.82, 2.24) is 15.2 Å². The van der Waals surface area contributed by atoms with Gasteiger partial charge in [0.15, 0.2) is 0 Å². The van der Waals surface area contributed by atoms with Gasteiger partial charge in [0.25, 0.3) is 5.91 Å². The number of carbonyl (C=O) groups excluding carboxylic acids is 1. The summed E-state index contributed by atoms with van der Waals surface area (Å²) in [5.74, 6) is 0.426. The van der Waals surface area contributed by atoms with Crippen LogP contribution in [0.25, 0.3) is 0 Å². The van der Waals surface area contributed by atoms with E-state index < -0.39 is 0 Å². The Morgan fingerprint density at radius 3 is 3.00 bits per heavy atom. The molecule has 21 heavy (non-hydrogen) atoms. The summed E-state index contributed by atoms with van der Waals surface area (Å²) in [6, 6.07) is 2.86. The maximum Gasteiger partial charge on any atom is 0.252 e. The number of ether oxygens (including phenoxy) is 1. The van der Waals surface area contributed by atoms with Crippen LogP contribution in [0.15, 0.2) is 23.1 Å². The Morgan fingerprint density at radius 2 is 2.33 bits per heavy atom. The van der Waals surface area contributed by atoms with Crippen LogP contribution in [-0.2, 0) is 4.74 Å². The van der Waals surface area contributed by atoms with E-state index in [0.29, 0.717) is 24.6 Å². The van der Waals surface area contributed by atoms with E-state index >= 15 is 0 Å². The molecule has 1 aliphatic heterocycles. The summed E-state index contributed by atoms with van der Waals surface area (Å²) in [5.41, 5.74) is 0.232. The van der Waals surface area contributed by atoms with Crippen molar-refractivity contribution in [2.45, 2.75) is 20.0 Å². The van der Waals surface area contributed by atoms with Crippen LogP contribution in [0.2, 0.25) is 0 Å². The van der Waals surface area contributed by atoms with E-state index in [0.717, 1.165) is 19.6 Å². The number of rotatable bonds is 5. The minimum Gasteiger partial charge on any atom is -0.374 e. The average molecular weight is 293 g/mol. The quantitative estimate of drug-likeness (QED) is 0.827. The van der Waals surface area contributed by atoms with Crippen molar-refractivity contribution in [2.24, 2.45) is 5.92 Å². The Kier molecular flexibility index (Phi) is 5.52. The van der Waals surface area contributed by atoms with Crippen LogP contribution >= 0.6 is 0 Å². The van der Waals surface area contributed by atoms with Gasteiger partial charge in [0, 0.05) is 38.4 Å². The third kappa shape index (κ3) is 4.99. The zero-order valence-corrected chi connectivity index (χ0v) is 12.6. The normalized spacial score (nSPS) is 19.7. The molecule has 116 valence electrons. The molecule has 0 bridgehead atoms. The minimum absolute atomic E-state index is 0.0178. The summed E-state index contributed by atoms with van der Waals surface area (Å²) in [7, 11) is 0. The molecule has 1 saturated heterocycles. The first kappa shape index (κ1) is 15.7. The summed E-state index contributed by atoms with van der Waals surface area (Å²) in [6.07, 6.45) is 1.44. The van der Waals surface area contributed by atoms with Crippen LogP contribution in [0.4, 0.5) is 0 Å². The SMILES string of the molecule is CC(C)CN1CCOC(CNC(=O)c2ccc(=O)[nH]c2)C1. The van der Waals surface area contributed by atoms with Gasteiger partial charge in [-0.1, -0.05) is 13.8 Å². The van der Waals surface area contributed by atoms with Gasteiger partial charge in [-0.2, -0.15) is 0 Å². The smallest absolute Gasteiger partial charge is 0.252 e. The Balaban J connectivity index is 1.80. The van der Waals surface area contributed by atoms with Crippen molar-refractivity contribution in [3.63, 3.8) is 0 Å². The fraction of sp³-hybridized carbons (Fsp3) is 0.600. The highest BCUT2D eigenvalue weighted by Gasteiger charge is 2.21. The lowest BCUT2D eigenvalue weighted by Gasteiger charge is -2.33. The maximum atomic E-state index is 12.0. The molecule has 1 aromatic heterocycles. The number of aromatic nitrogens is 1. The van der Waals surface area contributed by atoms with Gasteiger partial charge in [-0.25, -0.2) is 0 Å². The molecule has 6 nitrogen and oxygen atoms in total. The van der Waals surface area contributed by atoms with Crippen molar-refractivity contribution in [1.29, 1.82) is 0 Å². The van der Waals surface area contributed by atoms with E-state index in [-0.39, 0.29) is 17.6 Å². The summed E-state index contributed by atoms with van der Waals surface area (Å²) in [4.78, 5) is 27.8. The van der Waals surface area contributed by atoms with Gasteiger partial charge in [0.1, 0.15) is 0 Å². The fourth-order valence-corrected chi connectivity index (χ4v) is 2.45. The van der Waals surface area contributed by atoms with E-state index in [4.69, 9.17) is 4.74 Å². The number of hydrogen-bond acceptors (Lipinski definition) is 4. The van der Waals surface area contributed by atoms with Gasteiger partial charge in [0.2, 0.25) is 5.56 Å². The monoisotopic (exact) mass is 293 g/mol. The first-order chi connectivity index (χ1) is 10.0. The van der Waals surface area contributed by atoms with Crippen LogP contribution in [0.1, 0.15) is 24.2 Å². The van der Waals surface area contributed by atoms with E-state index in [9.17, 15) is 9.59 Å². The van der Waals surface area contributed by atoms with Gasteiger partial charge < -0.3 is 15.0 Å². The standard InChI is InChI=1S/C15H23N3O3/c1-11(2)9-18-5-6-21-13(10-18)8-17-15(20)12-3-4-14(19)16-7-12/h3-4,7,11,13H,5-6,8-10H2,1-2H3,(H,16,19)(H,17,20). The molecule has 1 aliphatic rings. The van der Waals surface area contributed by atoms with Crippen LogP contribution in [-0.4, -0.2) is 54.7 Å². The molecule has 1 unspecified atom stereocenters. The second-order valence-corrected chi connectivity index (χ2v) is 5.80. The predicted molar refractivity (Wildman–Crippen MR) is 80.4 cm³/mol. The predicted octanol–water partition coefficient (Wildman–Crippen LogP) is 0.461. The van der Waals surface area contributed by atoms with E-state index in [2.05, 4.69) is 29.0 Å². The molecule has 6 heteroatoms. The Bertz CT molecular complexity index is 507. The highest BCUT2D eigenvalue weighted by atomic mass is 16.5. The number of pyridine rings is 1. The van der Waals surface area contributed by atoms with Crippen molar-refractivity contribution in [2.75, 3.05) is 32.8 Å². The van der Waals surface area contributed by atoms with Crippen molar-refractivity contribution >= 4 is 5.91 Å². The molecule has 2 rings (SSSR count). The van der Waals surface area contributed by atoms with Crippen molar-refractivity contribution in [3.05, 3.63) is 34.2 Å². The van der Waals surface area contributed by atoms with Crippen molar-refractivity contribution < 1.29 is 9.53 Å². The second kappa shape index (κ2) is 7.38. The number of carbonyl (C=O) groups is 1. The van der Waals surface area contributed by atoms with Crippen LogP contribution in [0.3, 0.4) is 0 Å². The molecule has 2 N–H and O–H groups in total. The third-order valence-corrected chi connectivity index (χ3v) is 3.38. The molecular formula is C15H23N3O3. The lowest BCUT2D eigenvalue weighted by Crippen LogP contribution is -2.48. The van der Waals surface area contributed by atoms with Crippen LogP contribution in [0, 0.1) is 5.92 Å². The Hall–Kier alpha value is -1.66. The number of nitrogens with one attached hydrogen (secondary N) is 2. The summed E-state index contributed by atoms with van der Waals surface area (Å²) in [6.45, 7) is 8.41. The fourth-order valence-electron chi connectivity index (χ4n) is 2.45. The zero-order valence-electron chi connectivity index (χ0n) is 12.6. The van der Waals surface area contributed by atoms with E-state index in [1.807, 2.05) is 0 Å². The molecule has 1 fully saturated rings. The molecule has 0 radical (unpaired) electrons. The average Bonchev–Trinajstić information content (AvgIpc) is 2.45. The molecule has 0 saturated carbocycles. The first-order valence-electron chi connectivity index (χ1n) is 7.35.